The number of fused-ring (bicyclic) bond motifs is 1. The first-order valence-electron chi connectivity index (χ1n) is 6.79. The molecule has 4 heteroatoms. The van der Waals surface area contributed by atoms with E-state index in [2.05, 4.69) is 0 Å². The van der Waals surface area contributed by atoms with Crippen molar-refractivity contribution in [3.63, 3.8) is 0 Å². The van der Waals surface area contributed by atoms with Crippen LogP contribution in [0.1, 0.15) is 11.1 Å². The van der Waals surface area contributed by atoms with Crippen molar-refractivity contribution in [2.45, 2.75) is 13.8 Å². The van der Waals surface area contributed by atoms with Gasteiger partial charge in [0.2, 0.25) is 0 Å². The molecule has 0 fully saturated rings. The summed E-state index contributed by atoms with van der Waals surface area (Å²) in [5, 5.41) is 0.544. The maximum atomic E-state index is 12.8. The van der Waals surface area contributed by atoms with Crippen molar-refractivity contribution in [3.8, 4) is 5.69 Å². The molecule has 4 nitrogen and oxygen atoms in total. The third-order valence-electron chi connectivity index (χ3n) is 3.84. The molecule has 0 radical (unpaired) electrons. The number of aryl methyl sites for hydroxylation is 3. The summed E-state index contributed by atoms with van der Waals surface area (Å²) in [5.74, 6) is 0. The van der Waals surface area contributed by atoms with Gasteiger partial charge < -0.3 is 0 Å². The van der Waals surface area contributed by atoms with Crippen LogP contribution in [-0.4, -0.2) is 9.13 Å². The van der Waals surface area contributed by atoms with E-state index in [1.807, 2.05) is 44.2 Å². The Labute approximate surface area is 121 Å². The van der Waals surface area contributed by atoms with Gasteiger partial charge in [0.25, 0.3) is 5.56 Å². The van der Waals surface area contributed by atoms with Crippen molar-refractivity contribution in [2.75, 3.05) is 0 Å². The normalized spacial score (nSPS) is 11.0. The van der Waals surface area contributed by atoms with Crippen LogP contribution in [0, 0.1) is 13.8 Å². The van der Waals surface area contributed by atoms with Crippen LogP contribution in [0.15, 0.2) is 52.1 Å². The van der Waals surface area contributed by atoms with Gasteiger partial charge in [-0.1, -0.05) is 30.3 Å². The molecule has 0 saturated carbocycles. The van der Waals surface area contributed by atoms with Gasteiger partial charge in [-0.05, 0) is 37.1 Å². The molecule has 1 aromatic heterocycles. The number of hydrogen-bond acceptors (Lipinski definition) is 2. The van der Waals surface area contributed by atoms with Crippen molar-refractivity contribution in [2.24, 2.45) is 7.05 Å². The van der Waals surface area contributed by atoms with Crippen LogP contribution in [0.3, 0.4) is 0 Å². The molecule has 3 aromatic rings. The van der Waals surface area contributed by atoms with E-state index in [0.29, 0.717) is 16.6 Å². The minimum absolute atomic E-state index is 0.272. The van der Waals surface area contributed by atoms with Gasteiger partial charge in [-0.25, -0.2) is 9.36 Å². The molecular weight excluding hydrogens is 264 g/mol. The highest BCUT2D eigenvalue weighted by Crippen LogP contribution is 2.16. The number of nitrogens with zero attached hydrogens (tertiary/aromatic N) is 2. The lowest BCUT2D eigenvalue weighted by Gasteiger charge is -2.14. The van der Waals surface area contributed by atoms with E-state index in [9.17, 15) is 9.59 Å². The van der Waals surface area contributed by atoms with Crippen molar-refractivity contribution in [3.05, 3.63) is 74.4 Å². The van der Waals surface area contributed by atoms with E-state index >= 15 is 0 Å². The highest BCUT2D eigenvalue weighted by Gasteiger charge is 2.15. The summed E-state index contributed by atoms with van der Waals surface area (Å²) in [7, 11) is 1.69. The summed E-state index contributed by atoms with van der Waals surface area (Å²) < 4.78 is 2.79. The SMILES string of the molecule is Cc1cccc(C)c1-n1c(=O)c2ccccc2n(C)c1=O. The number of para-hydroxylation sites is 2. The third kappa shape index (κ3) is 1.91. The van der Waals surface area contributed by atoms with Gasteiger partial charge in [-0.2, -0.15) is 0 Å². The Balaban J connectivity index is 2.56. The first kappa shape index (κ1) is 13.4. The Morgan fingerprint density at radius 1 is 0.857 bits per heavy atom. The van der Waals surface area contributed by atoms with Crippen molar-refractivity contribution in [1.29, 1.82) is 0 Å². The molecule has 1 heterocycles. The standard InChI is InChI=1S/C17H16N2O2/c1-11-7-6-8-12(2)15(11)19-16(20)13-9-4-5-10-14(13)18(3)17(19)21/h4-10H,1-3H3. The van der Waals surface area contributed by atoms with Gasteiger partial charge in [0.15, 0.2) is 0 Å². The summed E-state index contributed by atoms with van der Waals surface area (Å²) in [6.07, 6.45) is 0. The fraction of sp³-hybridized carbons (Fsp3) is 0.176. The van der Waals surface area contributed by atoms with Crippen molar-refractivity contribution in [1.82, 2.24) is 9.13 Å². The minimum atomic E-state index is -0.323. The zero-order valence-corrected chi connectivity index (χ0v) is 12.3. The molecule has 0 aliphatic carbocycles. The Morgan fingerprint density at radius 2 is 1.48 bits per heavy atom. The molecule has 0 saturated heterocycles. The van der Waals surface area contributed by atoms with Gasteiger partial charge in [0, 0.05) is 7.05 Å². The Bertz CT molecular complexity index is 944. The summed E-state index contributed by atoms with van der Waals surface area (Å²) in [6.45, 7) is 3.81. The van der Waals surface area contributed by atoms with Gasteiger partial charge in [0.05, 0.1) is 16.6 Å². The molecule has 3 rings (SSSR count). The minimum Gasteiger partial charge on any atom is -0.296 e. The molecule has 106 valence electrons. The van der Waals surface area contributed by atoms with Crippen molar-refractivity contribution >= 4 is 10.9 Å². The van der Waals surface area contributed by atoms with Crippen molar-refractivity contribution < 1.29 is 0 Å². The second-order valence-electron chi connectivity index (χ2n) is 5.24. The zero-order chi connectivity index (χ0) is 15.1. The lowest BCUT2D eigenvalue weighted by molar-refractivity contribution is 0.768. The van der Waals surface area contributed by atoms with Gasteiger partial charge >= 0.3 is 5.69 Å². The molecule has 0 aliphatic rings. The quantitative estimate of drug-likeness (QED) is 0.686. The third-order valence-corrected chi connectivity index (χ3v) is 3.84. The number of aromatic nitrogens is 2. The lowest BCUT2D eigenvalue weighted by Crippen LogP contribution is -2.38. The molecule has 0 unspecified atom stereocenters. The van der Waals surface area contributed by atoms with E-state index in [1.54, 1.807) is 19.2 Å². The molecule has 0 atom stereocenters. The lowest BCUT2D eigenvalue weighted by atomic mass is 10.1. The van der Waals surface area contributed by atoms with E-state index < -0.39 is 0 Å². The maximum Gasteiger partial charge on any atom is 0.335 e. The Hall–Kier alpha value is -2.62. The molecule has 0 bridgehead atoms. The van der Waals surface area contributed by atoms with Crippen LogP contribution in [0.4, 0.5) is 0 Å². The second kappa shape index (κ2) is 4.74. The highest BCUT2D eigenvalue weighted by molar-refractivity contribution is 5.78. The number of hydrogen-bond donors (Lipinski definition) is 0. The van der Waals surface area contributed by atoms with Crippen LogP contribution >= 0.6 is 0 Å². The zero-order valence-electron chi connectivity index (χ0n) is 12.3. The van der Waals surface area contributed by atoms with E-state index in [-0.39, 0.29) is 11.2 Å². The maximum absolute atomic E-state index is 12.8. The largest absolute Gasteiger partial charge is 0.335 e. The van der Waals surface area contributed by atoms with Crippen LogP contribution in [0.2, 0.25) is 0 Å². The molecule has 0 amide bonds. The van der Waals surface area contributed by atoms with Crippen LogP contribution in [-0.2, 0) is 7.05 Å². The van der Waals surface area contributed by atoms with E-state index in [1.165, 1.54) is 9.13 Å². The van der Waals surface area contributed by atoms with Gasteiger partial charge in [0.1, 0.15) is 0 Å². The fourth-order valence-corrected chi connectivity index (χ4v) is 2.76. The molecule has 0 N–H and O–H groups in total. The monoisotopic (exact) mass is 280 g/mol. The van der Waals surface area contributed by atoms with Gasteiger partial charge in [-0.15, -0.1) is 0 Å². The Morgan fingerprint density at radius 3 is 2.14 bits per heavy atom. The summed E-state index contributed by atoms with van der Waals surface area (Å²) in [4.78, 5) is 25.4. The molecular formula is C17H16N2O2. The van der Waals surface area contributed by atoms with Gasteiger partial charge in [-0.3, -0.25) is 9.36 Å². The van der Waals surface area contributed by atoms with E-state index in [0.717, 1.165) is 11.1 Å². The Kier molecular flexibility index (Phi) is 3.01. The number of benzene rings is 2. The summed E-state index contributed by atoms with van der Waals surface area (Å²) >= 11 is 0. The van der Waals surface area contributed by atoms with E-state index in [4.69, 9.17) is 0 Å². The smallest absolute Gasteiger partial charge is 0.296 e. The topological polar surface area (TPSA) is 44.0 Å². The average molecular weight is 280 g/mol. The van der Waals surface area contributed by atoms with Crippen LogP contribution in [0.5, 0.6) is 0 Å². The molecule has 2 aromatic carbocycles. The molecule has 0 spiro atoms. The average Bonchev–Trinajstić information content (AvgIpc) is 2.48. The number of rotatable bonds is 1. The summed E-state index contributed by atoms with van der Waals surface area (Å²) in [6, 6.07) is 12.9. The molecule has 21 heavy (non-hydrogen) atoms. The van der Waals surface area contributed by atoms with Crippen LogP contribution in [0.25, 0.3) is 16.6 Å². The first-order chi connectivity index (χ1) is 10.0. The first-order valence-corrected chi connectivity index (χ1v) is 6.79. The predicted molar refractivity (Wildman–Crippen MR) is 84.3 cm³/mol. The predicted octanol–water partition coefficient (Wildman–Crippen LogP) is 2.31. The molecule has 0 aliphatic heterocycles. The second-order valence-corrected chi connectivity index (χ2v) is 5.24. The summed E-state index contributed by atoms with van der Waals surface area (Å²) in [5.41, 5.74) is 2.54. The highest BCUT2D eigenvalue weighted by atomic mass is 16.2. The fourth-order valence-electron chi connectivity index (χ4n) is 2.76. The van der Waals surface area contributed by atoms with Crippen LogP contribution < -0.4 is 11.2 Å².